The number of aryl methyl sites for hydroxylation is 5. The van der Waals surface area contributed by atoms with Gasteiger partial charge in [0.25, 0.3) is 11.1 Å². The maximum atomic E-state index is 13.6. The molecule has 7 aliphatic rings. The van der Waals surface area contributed by atoms with Crippen molar-refractivity contribution in [3.8, 4) is 0 Å². The molecule has 0 amide bonds. The number of nitrogens with zero attached hydrogens (tertiary/aromatic N) is 16. The number of aromatic nitrogens is 18. The van der Waals surface area contributed by atoms with Crippen LogP contribution in [0.25, 0.3) is 22.3 Å². The molecule has 7 fully saturated rings. The van der Waals surface area contributed by atoms with Gasteiger partial charge in [-0.3, -0.25) is 51.5 Å². The van der Waals surface area contributed by atoms with E-state index >= 15 is 0 Å². The number of H-pyrrole nitrogens is 2. The Bertz CT molecular complexity index is 7180. The number of anilines is 5. The number of hydrogen-bond donors (Lipinski definition) is 14. The lowest BCUT2D eigenvalue weighted by molar-refractivity contribution is -0.0581. The fraction of sp³-hybridized carbons (Fsp3) is 0.583. The van der Waals surface area contributed by atoms with E-state index in [0.29, 0.717) is 34.3 Å². The van der Waals surface area contributed by atoms with Gasteiger partial charge in [-0.1, -0.05) is 6.92 Å². The van der Waals surface area contributed by atoms with Gasteiger partial charge in [0, 0.05) is 111 Å². The van der Waals surface area contributed by atoms with Crippen molar-refractivity contribution in [2.24, 2.45) is 0 Å². The average Bonchev–Trinajstić information content (AvgIpc) is 1.62. The third kappa shape index (κ3) is 25.9. The van der Waals surface area contributed by atoms with E-state index in [0.717, 1.165) is 29.9 Å². The van der Waals surface area contributed by atoms with Crippen LogP contribution >= 0.6 is 47.0 Å². The third-order valence-corrected chi connectivity index (χ3v) is 35.2. The second-order valence-corrected chi connectivity index (χ2v) is 53.5. The first-order valence-corrected chi connectivity index (χ1v) is 61.6. The summed E-state index contributed by atoms with van der Waals surface area (Å²) in [7, 11) is 1.14. The normalized spacial score (nSPS) is 29.7. The van der Waals surface area contributed by atoms with Gasteiger partial charge < -0.3 is 159 Å². The Morgan fingerprint density at radius 2 is 0.562 bits per heavy atom. The van der Waals surface area contributed by atoms with Crippen LogP contribution in [0.2, 0.25) is 0 Å². The Hall–Kier alpha value is -6.47. The molecule has 0 aliphatic carbocycles. The van der Waals surface area contributed by atoms with Gasteiger partial charge in [-0.05, 0) is 124 Å². The zero-order valence-corrected chi connectivity index (χ0v) is 88.3. The molecular weight excluding hydrogens is 2190 g/mol. The van der Waals surface area contributed by atoms with E-state index < -0.39 is 262 Å². The number of rotatable bonds is 41. The standard InChI is InChI=1S/C72H98N23O35P7S7/c1-8-36-37(9-55(117-36)94-29-82-57-62(76)78-27-80-64(57)94)125-132(104,139)111-22-45-39(10-50(118-45)89-16-31(2)59(73)84-68(89)98)126-134(106,141)113-23-46-40(11-51(119-46)90-17-32(3)60(74)85-69(90)99)127-136(108,143)116-26-49-43(14-54(122-49)93-20-35(6)67(97)88-72(93)102)130-137(109,144)114-24-47-41(12-52(120-47)91-18-33(4)61(75)86-70(91)100)128-135(107,142)115-25-48-42(13-53(121-48)92-19-34(5)66(96)87-71(92)101)129-133(105,140)112-21-44-38(124-131(103,138)110-7)15-56(123-44)95-30-83-58-63(77)79-28-81-65(58)95/h16-20,27-30,36-56H,8-15,21-26H2,1-7H3,(H,103,138)(H,104,139)(H,105,140)(H,106,141)(H,107,142)(H,108,143)(H,109,144)(H2,73,84,98)(H2,74,85,99)(H2,75,86,100)(H2,76,78,80)(H2,77,79,81)(H,87,96,101)(H,88,97,102)/t36-,37-,38-,39-,40-,41-,42-,43-,44-,45-,46-,47-,48-,49-,50-,51-,52-,53-,54-,55-,56-,131?,132?,133?,134?,135?,136?,137?/m1/s1. The Balaban J connectivity index is 0.600. The summed E-state index contributed by atoms with van der Waals surface area (Å²) >= 11 is 39.0. The lowest BCUT2D eigenvalue weighted by Gasteiger charge is -2.29. The number of nitrogen functional groups attached to an aromatic ring is 5. The molecule has 58 nitrogen and oxygen atoms in total. The van der Waals surface area contributed by atoms with Gasteiger partial charge in [-0.25, -0.2) is 53.9 Å². The first-order chi connectivity index (χ1) is 67.8. The van der Waals surface area contributed by atoms with Crippen molar-refractivity contribution in [3.63, 3.8) is 0 Å². The minimum atomic E-state index is -4.77. The summed E-state index contributed by atoms with van der Waals surface area (Å²) < 4.78 is 136. The molecule has 7 aliphatic heterocycles. The molecule has 28 atom stereocenters. The smallest absolute Gasteiger partial charge is 0.351 e. The van der Waals surface area contributed by atoms with Crippen molar-refractivity contribution in [2.75, 3.05) is 75.4 Å². The van der Waals surface area contributed by atoms with Crippen LogP contribution in [0.15, 0.2) is 89.9 Å². The summed E-state index contributed by atoms with van der Waals surface area (Å²) in [6.45, 7) is -26.7. The fourth-order valence-electron chi connectivity index (χ4n) is 16.7. The summed E-state index contributed by atoms with van der Waals surface area (Å²) in [5.41, 5.74) is 26.4. The molecule has 72 heteroatoms. The highest BCUT2D eigenvalue weighted by Gasteiger charge is 2.52. The highest BCUT2D eigenvalue weighted by Crippen LogP contribution is 2.59. The SMILES string of the molecule is CC[C@H]1O[C@@H](n2cnc3c(N)ncnc32)C[C@H]1OP(O)(=S)OC[C@H]1O[C@@H](n2cc(C)c(N)nc2=O)C[C@H]1OP(O)(=S)OC[C@H]1O[C@@H](n2cc(C)c(N)nc2=O)C[C@H]1OP(O)(=S)OC[C@H]1O[C@@H](n2cc(C)c(=O)[nH]c2=O)C[C@H]1OP(O)(=S)OC[C@H]1O[C@@H](n2cc(C)c(N)nc2=O)C[C@H]1OP(O)(=S)OC[C@H]1O[C@@H](n2cc(C)c(=O)[nH]c2=O)C[C@H]1OP(O)(=S)OC[C@H]1O[C@@H](n2cnc3c(N)ncnc32)C[C@H]1OP(O)(=S)OC. The number of nitrogens with one attached hydrogen (secondary N) is 2. The van der Waals surface area contributed by atoms with Gasteiger partial charge in [0.15, 0.2) is 22.9 Å². The molecule has 9 aromatic rings. The molecule has 788 valence electrons. The molecule has 0 saturated carbocycles. The van der Waals surface area contributed by atoms with Crippen molar-refractivity contribution < 1.29 is 131 Å². The largest absolute Gasteiger partial charge is 0.383 e. The molecule has 7 unspecified atom stereocenters. The van der Waals surface area contributed by atoms with Crippen molar-refractivity contribution in [3.05, 3.63) is 157 Å². The van der Waals surface area contributed by atoms with Crippen molar-refractivity contribution in [1.29, 1.82) is 0 Å². The maximum Gasteiger partial charge on any atom is 0.351 e. The van der Waals surface area contributed by atoms with Crippen LogP contribution in [0.4, 0.5) is 29.1 Å². The van der Waals surface area contributed by atoms with E-state index in [9.17, 15) is 67.8 Å². The molecule has 7 saturated heterocycles. The minimum Gasteiger partial charge on any atom is -0.383 e. The van der Waals surface area contributed by atoms with Crippen LogP contribution in [0, 0.1) is 34.6 Å². The van der Waals surface area contributed by atoms with Crippen molar-refractivity contribution in [1.82, 2.24) is 86.8 Å². The Morgan fingerprint density at radius 3 is 0.819 bits per heavy atom. The van der Waals surface area contributed by atoms with E-state index in [1.165, 1.54) is 74.7 Å². The number of fused-ring (bicyclic) bond motifs is 2. The van der Waals surface area contributed by atoms with Gasteiger partial charge in [0.05, 0.1) is 101 Å². The predicted molar refractivity (Wildman–Crippen MR) is 527 cm³/mol. The average molecular weight is 2290 g/mol. The van der Waals surface area contributed by atoms with Gasteiger partial charge in [0.1, 0.15) is 121 Å². The van der Waals surface area contributed by atoms with Gasteiger partial charge >= 0.3 is 75.5 Å². The lowest BCUT2D eigenvalue weighted by atomic mass is 10.1. The second kappa shape index (κ2) is 44.4. The van der Waals surface area contributed by atoms with Gasteiger partial charge in [-0.2, -0.15) is 15.0 Å². The number of aromatic amines is 2. The molecule has 144 heavy (non-hydrogen) atoms. The van der Waals surface area contributed by atoms with Crippen molar-refractivity contribution >= 4 is 181 Å². The van der Waals surface area contributed by atoms with Crippen LogP contribution in [-0.4, -0.2) is 253 Å². The van der Waals surface area contributed by atoms with Crippen molar-refractivity contribution in [2.45, 2.75) is 222 Å². The van der Waals surface area contributed by atoms with Crippen LogP contribution in [0.5, 0.6) is 0 Å². The topological polar surface area (TPSA) is 767 Å². The molecule has 0 aromatic carbocycles. The number of nitrogens with two attached hydrogens (primary N) is 5. The zero-order valence-electron chi connectivity index (χ0n) is 76.3. The van der Waals surface area contributed by atoms with E-state index in [2.05, 4.69) is 54.8 Å². The molecular formula is C72H98N23O35P7S7. The van der Waals surface area contributed by atoms with Crippen LogP contribution in [0.3, 0.4) is 0 Å². The first kappa shape index (κ1) is 110. The van der Waals surface area contributed by atoms with Crippen LogP contribution < -0.4 is 68.2 Å². The van der Waals surface area contributed by atoms with E-state index in [-0.39, 0.29) is 89.9 Å². The molecule has 0 bridgehead atoms. The van der Waals surface area contributed by atoms with Crippen LogP contribution in [0.1, 0.15) is 130 Å². The van der Waals surface area contributed by atoms with Gasteiger partial charge in [-0.15, -0.1) is 0 Å². The second-order valence-electron chi connectivity index (χ2n) is 33.8. The molecule has 19 N–H and O–H groups in total. The first-order valence-electron chi connectivity index (χ1n) is 43.4. The predicted octanol–water partition coefficient (Wildman–Crippen LogP) is 1.37. The Kier molecular flexibility index (Phi) is 34.0. The van der Waals surface area contributed by atoms with Gasteiger partial charge in [0.2, 0.25) is 0 Å². The van der Waals surface area contributed by atoms with E-state index in [1.807, 2.05) is 6.92 Å². The fourth-order valence-corrected chi connectivity index (χ4v) is 26.5. The van der Waals surface area contributed by atoms with E-state index in [1.54, 1.807) is 25.3 Å². The highest BCUT2D eigenvalue weighted by atomic mass is 32.5. The minimum absolute atomic E-state index is 0.0273. The summed E-state index contributed by atoms with van der Waals surface area (Å²) in [6.07, 6.45) is -16.1. The third-order valence-electron chi connectivity index (χ3n) is 23.9. The van der Waals surface area contributed by atoms with Crippen LogP contribution in [-0.2, 0) is 179 Å². The number of imidazole rings is 2. The molecule has 0 spiro atoms. The quantitative estimate of drug-likeness (QED) is 0.0241. The highest BCUT2D eigenvalue weighted by molar-refractivity contribution is 8.09. The summed E-state index contributed by atoms with van der Waals surface area (Å²) in [6, 6.07) is 0. The Labute approximate surface area is 847 Å². The maximum absolute atomic E-state index is 13.6. The Morgan fingerprint density at radius 1 is 0.333 bits per heavy atom. The summed E-state index contributed by atoms with van der Waals surface area (Å²) in [5.74, 6) is -0.111. The molecule has 16 rings (SSSR count). The zero-order chi connectivity index (χ0) is 104. The molecule has 0 radical (unpaired) electrons. The summed E-state index contributed by atoms with van der Waals surface area (Å²) in [5, 5.41) is 0. The number of ether oxygens (including phenoxy) is 7. The lowest BCUT2D eigenvalue weighted by Crippen LogP contribution is -2.33. The molecule has 16 heterocycles. The molecule has 9 aromatic heterocycles. The van der Waals surface area contributed by atoms with E-state index in [4.69, 9.17) is 208 Å². The number of hydrogen-bond acceptors (Lipinski definition) is 49. The monoisotopic (exact) mass is 2290 g/mol. The summed E-state index contributed by atoms with van der Waals surface area (Å²) in [4.78, 5) is 218.